The van der Waals surface area contributed by atoms with Gasteiger partial charge in [-0.1, -0.05) is 24.1 Å². The van der Waals surface area contributed by atoms with Crippen LogP contribution >= 0.6 is 11.9 Å². The highest BCUT2D eigenvalue weighted by Crippen LogP contribution is 2.15. The van der Waals surface area contributed by atoms with Crippen LogP contribution in [0.15, 0.2) is 36.5 Å². The van der Waals surface area contributed by atoms with E-state index in [0.717, 1.165) is 0 Å². The molecule has 0 atom stereocenters. The van der Waals surface area contributed by atoms with Gasteiger partial charge in [-0.3, -0.25) is 4.72 Å². The Hall–Kier alpha value is -2.32. The third-order valence-electron chi connectivity index (χ3n) is 3.08. The summed E-state index contributed by atoms with van der Waals surface area (Å²) in [5.41, 5.74) is 7.33. The van der Waals surface area contributed by atoms with Crippen molar-refractivity contribution in [3.05, 3.63) is 53.5 Å². The summed E-state index contributed by atoms with van der Waals surface area (Å²) in [6, 6.07) is 7.64. The summed E-state index contributed by atoms with van der Waals surface area (Å²) in [4.78, 5) is 15.8. The third kappa shape index (κ3) is 5.11. The number of urea groups is 1. The number of nitrogens with zero attached hydrogens (tertiary/aromatic N) is 1. The van der Waals surface area contributed by atoms with Crippen molar-refractivity contribution in [2.75, 3.05) is 17.3 Å². The van der Waals surface area contributed by atoms with Crippen molar-refractivity contribution in [1.29, 1.82) is 0 Å². The molecule has 0 aliphatic carbocycles. The van der Waals surface area contributed by atoms with E-state index in [0.29, 0.717) is 29.2 Å². The van der Waals surface area contributed by atoms with Crippen molar-refractivity contribution in [2.24, 2.45) is 0 Å². The molecule has 0 saturated heterocycles. The molecule has 0 aliphatic rings. The first-order chi connectivity index (χ1) is 11.1. The molecule has 23 heavy (non-hydrogen) atoms. The average Bonchev–Trinajstić information content (AvgIpc) is 2.53. The van der Waals surface area contributed by atoms with Crippen LogP contribution in [0.5, 0.6) is 0 Å². The summed E-state index contributed by atoms with van der Waals surface area (Å²) in [5.74, 6) is -0.00894. The molecule has 0 aliphatic heterocycles. The van der Waals surface area contributed by atoms with Gasteiger partial charge >= 0.3 is 6.03 Å². The first-order valence-electron chi connectivity index (χ1n) is 6.88. The fraction of sp³-hybridized carbons (Fsp3) is 0.200. The first-order valence-corrected chi connectivity index (χ1v) is 8.11. The molecule has 0 radical (unpaired) electrons. The van der Waals surface area contributed by atoms with Gasteiger partial charge in [-0.25, -0.2) is 14.2 Å². The Morgan fingerprint density at radius 2 is 2.13 bits per heavy atom. The van der Waals surface area contributed by atoms with Crippen molar-refractivity contribution in [2.45, 2.75) is 13.1 Å². The average molecular weight is 335 g/mol. The summed E-state index contributed by atoms with van der Waals surface area (Å²) >= 11 is 1.41. The fourth-order valence-electron chi connectivity index (χ4n) is 1.87. The van der Waals surface area contributed by atoms with E-state index < -0.39 is 6.03 Å². The Morgan fingerprint density at radius 3 is 2.83 bits per heavy atom. The van der Waals surface area contributed by atoms with Crippen molar-refractivity contribution in [3.63, 3.8) is 0 Å². The highest BCUT2D eigenvalue weighted by molar-refractivity contribution is 7.96. The van der Waals surface area contributed by atoms with Crippen LogP contribution in [0.25, 0.3) is 0 Å². The van der Waals surface area contributed by atoms with Crippen LogP contribution in [0.4, 0.5) is 20.7 Å². The van der Waals surface area contributed by atoms with E-state index in [1.54, 1.807) is 30.5 Å². The Kier molecular flexibility index (Phi) is 6.19. The van der Waals surface area contributed by atoms with E-state index in [2.05, 4.69) is 20.3 Å². The molecule has 5 N–H and O–H groups in total. The molecular weight excluding hydrogens is 317 g/mol. The van der Waals surface area contributed by atoms with Crippen molar-refractivity contribution >= 4 is 29.5 Å². The Labute approximate surface area is 138 Å². The number of pyridine rings is 1. The zero-order chi connectivity index (χ0) is 16.7. The maximum atomic E-state index is 13.9. The lowest BCUT2D eigenvalue weighted by molar-refractivity contribution is 0.252. The maximum absolute atomic E-state index is 13.9. The standard InChI is InChI=1S/C15H18FN5OS/c1-23-20-9-10-4-5-12(7-13(10)16)21-15(22)19-8-11-3-2-6-18-14(11)17/h2-7,20H,8-9H2,1H3,(H2,17,18)(H2,19,21,22). The van der Waals surface area contributed by atoms with Crippen LogP contribution in [-0.2, 0) is 13.1 Å². The van der Waals surface area contributed by atoms with Crippen LogP contribution in [0.3, 0.4) is 0 Å². The predicted molar refractivity (Wildman–Crippen MR) is 91.3 cm³/mol. The number of nitrogens with one attached hydrogen (secondary N) is 3. The largest absolute Gasteiger partial charge is 0.383 e. The highest BCUT2D eigenvalue weighted by atomic mass is 32.2. The molecule has 8 heteroatoms. The highest BCUT2D eigenvalue weighted by Gasteiger charge is 2.07. The number of nitrogen functional groups attached to an aromatic ring is 1. The molecule has 1 heterocycles. The van der Waals surface area contributed by atoms with Crippen molar-refractivity contribution in [3.8, 4) is 0 Å². The van der Waals surface area contributed by atoms with E-state index in [1.165, 1.54) is 18.0 Å². The number of aromatic nitrogens is 1. The number of hydrogen-bond donors (Lipinski definition) is 4. The minimum absolute atomic E-state index is 0.240. The zero-order valence-corrected chi connectivity index (χ0v) is 13.4. The van der Waals surface area contributed by atoms with Crippen LogP contribution in [0, 0.1) is 5.82 Å². The van der Waals surface area contributed by atoms with E-state index in [1.807, 2.05) is 6.26 Å². The normalized spacial score (nSPS) is 10.3. The maximum Gasteiger partial charge on any atom is 0.319 e. The van der Waals surface area contributed by atoms with Gasteiger partial charge in [0.05, 0.1) is 0 Å². The van der Waals surface area contributed by atoms with Gasteiger partial charge in [0.15, 0.2) is 0 Å². The van der Waals surface area contributed by atoms with Crippen LogP contribution in [0.2, 0.25) is 0 Å². The van der Waals surface area contributed by atoms with E-state index in [4.69, 9.17) is 5.73 Å². The molecule has 1 aromatic carbocycles. The second-order valence-electron chi connectivity index (χ2n) is 4.69. The number of anilines is 2. The van der Waals surface area contributed by atoms with E-state index >= 15 is 0 Å². The van der Waals surface area contributed by atoms with Gasteiger partial charge in [0, 0.05) is 36.1 Å². The second-order valence-corrected chi connectivity index (χ2v) is 5.38. The zero-order valence-electron chi connectivity index (χ0n) is 12.6. The third-order valence-corrected chi connectivity index (χ3v) is 3.52. The smallest absolute Gasteiger partial charge is 0.319 e. The van der Waals surface area contributed by atoms with Gasteiger partial charge in [0.2, 0.25) is 0 Å². The number of amides is 2. The first kappa shape index (κ1) is 17.0. The quantitative estimate of drug-likeness (QED) is 0.609. The number of halogens is 1. The van der Waals surface area contributed by atoms with Gasteiger partial charge in [-0.05, 0) is 24.5 Å². The fourth-order valence-corrected chi connectivity index (χ4v) is 2.17. The number of nitrogens with two attached hydrogens (primary N) is 1. The molecule has 122 valence electrons. The summed E-state index contributed by atoms with van der Waals surface area (Å²) < 4.78 is 16.9. The number of carbonyl (C=O) groups is 1. The number of hydrogen-bond acceptors (Lipinski definition) is 5. The summed E-state index contributed by atoms with van der Waals surface area (Å²) in [6.07, 6.45) is 3.45. The number of rotatable bonds is 6. The summed E-state index contributed by atoms with van der Waals surface area (Å²) in [5, 5.41) is 5.23. The molecule has 1 aromatic heterocycles. The molecule has 0 bridgehead atoms. The molecular formula is C15H18FN5OS. The minimum Gasteiger partial charge on any atom is -0.383 e. The number of carbonyl (C=O) groups excluding carboxylic acids is 1. The predicted octanol–water partition coefficient (Wildman–Crippen LogP) is 2.49. The van der Waals surface area contributed by atoms with Gasteiger partial charge in [0.1, 0.15) is 11.6 Å². The SMILES string of the molecule is CSNCc1ccc(NC(=O)NCc2cccnc2N)cc1F. The van der Waals surface area contributed by atoms with Gasteiger partial charge < -0.3 is 16.4 Å². The van der Waals surface area contributed by atoms with E-state index in [9.17, 15) is 9.18 Å². The monoisotopic (exact) mass is 335 g/mol. The lowest BCUT2D eigenvalue weighted by Crippen LogP contribution is -2.28. The van der Waals surface area contributed by atoms with Gasteiger partial charge in [0.25, 0.3) is 0 Å². The molecule has 2 amide bonds. The molecule has 2 rings (SSSR count). The lowest BCUT2D eigenvalue weighted by Gasteiger charge is -2.10. The summed E-state index contributed by atoms with van der Waals surface area (Å²) in [7, 11) is 0. The summed E-state index contributed by atoms with van der Waals surface area (Å²) in [6.45, 7) is 0.656. The van der Waals surface area contributed by atoms with Crippen LogP contribution in [-0.4, -0.2) is 17.3 Å². The number of benzene rings is 1. The van der Waals surface area contributed by atoms with E-state index in [-0.39, 0.29) is 12.4 Å². The Balaban J connectivity index is 1.90. The molecule has 2 aromatic rings. The Bertz CT molecular complexity index is 683. The molecule has 0 fully saturated rings. The topological polar surface area (TPSA) is 92.1 Å². The van der Waals surface area contributed by atoms with Crippen LogP contribution in [0.1, 0.15) is 11.1 Å². The van der Waals surface area contributed by atoms with Gasteiger partial charge in [-0.2, -0.15) is 0 Å². The molecule has 6 nitrogen and oxygen atoms in total. The van der Waals surface area contributed by atoms with Crippen LogP contribution < -0.4 is 21.1 Å². The van der Waals surface area contributed by atoms with Crippen molar-refractivity contribution in [1.82, 2.24) is 15.0 Å². The molecule has 0 saturated carbocycles. The lowest BCUT2D eigenvalue weighted by atomic mass is 10.2. The van der Waals surface area contributed by atoms with Gasteiger partial charge in [-0.15, -0.1) is 0 Å². The molecule has 0 unspecified atom stereocenters. The Morgan fingerprint density at radius 1 is 1.30 bits per heavy atom. The second kappa shape index (κ2) is 8.35. The molecule has 0 spiro atoms. The minimum atomic E-state index is -0.442. The van der Waals surface area contributed by atoms with Crippen molar-refractivity contribution < 1.29 is 9.18 Å².